The van der Waals surface area contributed by atoms with Crippen LogP contribution in [0.5, 0.6) is 0 Å². The summed E-state index contributed by atoms with van der Waals surface area (Å²) >= 11 is 0. The van der Waals surface area contributed by atoms with Gasteiger partial charge >= 0.3 is 6.09 Å². The van der Waals surface area contributed by atoms with Crippen molar-refractivity contribution in [1.29, 1.82) is 0 Å². The first kappa shape index (κ1) is 8.85. The lowest BCUT2D eigenvalue weighted by atomic mass is 10.1. The number of likely N-dealkylation sites (tertiary alicyclic amines) is 1. The molecule has 2 rings (SSSR count). The maximum atomic E-state index is 11.5. The summed E-state index contributed by atoms with van der Waals surface area (Å²) in [6, 6.07) is 0. The van der Waals surface area contributed by atoms with E-state index in [1.54, 1.807) is 0 Å². The van der Waals surface area contributed by atoms with Crippen LogP contribution in [0.4, 0.5) is 4.79 Å². The summed E-state index contributed by atoms with van der Waals surface area (Å²) < 4.78 is 5.23. The van der Waals surface area contributed by atoms with E-state index in [1.807, 2.05) is 4.90 Å². The second-order valence-electron chi connectivity index (χ2n) is 4.09. The third-order valence-corrected chi connectivity index (χ3v) is 2.91. The summed E-state index contributed by atoms with van der Waals surface area (Å²) in [5, 5.41) is 0. The van der Waals surface area contributed by atoms with E-state index in [0.29, 0.717) is 5.92 Å². The zero-order chi connectivity index (χ0) is 9.26. The Morgan fingerprint density at radius 2 is 2.23 bits per heavy atom. The van der Waals surface area contributed by atoms with Crippen LogP contribution >= 0.6 is 0 Å². The molecule has 0 aromatic heterocycles. The van der Waals surface area contributed by atoms with Gasteiger partial charge in [-0.3, -0.25) is 0 Å². The van der Waals surface area contributed by atoms with Crippen molar-refractivity contribution >= 4 is 6.09 Å². The smallest absolute Gasteiger partial charge is 0.410 e. The molecule has 0 bridgehead atoms. The summed E-state index contributed by atoms with van der Waals surface area (Å²) in [5.41, 5.74) is 0. The van der Waals surface area contributed by atoms with Gasteiger partial charge in [-0.15, -0.1) is 0 Å². The van der Waals surface area contributed by atoms with Gasteiger partial charge in [0.05, 0.1) is 0 Å². The predicted octanol–water partition coefficient (Wildman–Crippen LogP) is 2.02. The second kappa shape index (κ2) is 3.56. The molecule has 2 aliphatic rings. The number of nitrogens with zero attached hydrogens (tertiary/aromatic N) is 1. The van der Waals surface area contributed by atoms with Crippen LogP contribution in [0.15, 0.2) is 0 Å². The van der Waals surface area contributed by atoms with E-state index in [0.717, 1.165) is 32.4 Å². The molecule has 1 amide bonds. The Balaban J connectivity index is 1.77. The number of carbonyl (C=O) groups excluding carboxylic acids is 1. The second-order valence-corrected chi connectivity index (χ2v) is 4.09. The molecule has 0 spiro atoms. The molecule has 1 aliphatic heterocycles. The van der Waals surface area contributed by atoms with Gasteiger partial charge < -0.3 is 9.64 Å². The summed E-state index contributed by atoms with van der Waals surface area (Å²) in [5.74, 6) is 0.701. The highest BCUT2D eigenvalue weighted by Gasteiger charge is 2.31. The lowest BCUT2D eigenvalue weighted by Gasteiger charge is -2.15. The first-order valence-corrected chi connectivity index (χ1v) is 5.25. The normalized spacial score (nSPS) is 27.8. The molecule has 1 heterocycles. The molecule has 2 fully saturated rings. The Labute approximate surface area is 79.0 Å². The molecule has 13 heavy (non-hydrogen) atoms. The molecule has 3 heteroatoms. The number of ether oxygens (including phenoxy) is 1. The van der Waals surface area contributed by atoms with Gasteiger partial charge in [0.25, 0.3) is 0 Å². The lowest BCUT2D eigenvalue weighted by molar-refractivity contribution is 0.103. The number of rotatable bonds is 2. The maximum absolute atomic E-state index is 11.5. The number of amides is 1. The molecule has 1 saturated carbocycles. The van der Waals surface area contributed by atoms with Gasteiger partial charge in [-0.1, -0.05) is 13.3 Å². The van der Waals surface area contributed by atoms with Gasteiger partial charge in [0.15, 0.2) is 0 Å². The van der Waals surface area contributed by atoms with Crippen molar-refractivity contribution in [3.63, 3.8) is 0 Å². The Bertz CT molecular complexity index is 201. The van der Waals surface area contributed by atoms with Gasteiger partial charge in [-0.25, -0.2) is 4.79 Å². The Hall–Kier alpha value is -0.730. The van der Waals surface area contributed by atoms with E-state index in [2.05, 4.69) is 6.92 Å². The molecule has 1 aliphatic carbocycles. The van der Waals surface area contributed by atoms with E-state index >= 15 is 0 Å². The van der Waals surface area contributed by atoms with Gasteiger partial charge in [0.2, 0.25) is 0 Å². The van der Waals surface area contributed by atoms with Gasteiger partial charge in [0, 0.05) is 13.1 Å². The van der Waals surface area contributed by atoms with Crippen molar-refractivity contribution < 1.29 is 9.53 Å². The number of hydrogen-bond donors (Lipinski definition) is 0. The first-order valence-electron chi connectivity index (χ1n) is 5.25. The monoisotopic (exact) mass is 183 g/mol. The summed E-state index contributed by atoms with van der Waals surface area (Å²) in [6.45, 7) is 3.98. The van der Waals surface area contributed by atoms with Crippen molar-refractivity contribution in [3.8, 4) is 0 Å². The predicted molar refractivity (Wildman–Crippen MR) is 49.5 cm³/mol. The highest BCUT2D eigenvalue weighted by atomic mass is 16.6. The average Bonchev–Trinajstić information content (AvgIpc) is 2.82. The standard InChI is InChI=1S/C10H17NO2/c1-2-8-5-6-11(7-8)10(12)13-9-3-4-9/h8-9H,2-7H2,1H3/t8-/m0/s1. The van der Waals surface area contributed by atoms with Gasteiger partial charge in [0.1, 0.15) is 6.10 Å². The van der Waals surface area contributed by atoms with Crippen LogP contribution in [-0.4, -0.2) is 30.2 Å². The van der Waals surface area contributed by atoms with Gasteiger partial charge in [-0.05, 0) is 25.2 Å². The first-order chi connectivity index (χ1) is 6.29. The lowest BCUT2D eigenvalue weighted by Crippen LogP contribution is -2.29. The largest absolute Gasteiger partial charge is 0.446 e. The fraction of sp³-hybridized carbons (Fsp3) is 0.900. The molecule has 0 unspecified atom stereocenters. The molecular formula is C10H17NO2. The fourth-order valence-electron chi connectivity index (χ4n) is 1.73. The molecule has 0 radical (unpaired) electrons. The topological polar surface area (TPSA) is 29.5 Å². The van der Waals surface area contributed by atoms with Crippen LogP contribution in [0.2, 0.25) is 0 Å². The molecule has 74 valence electrons. The van der Waals surface area contributed by atoms with Crippen molar-refractivity contribution in [2.24, 2.45) is 5.92 Å². The number of carbonyl (C=O) groups is 1. The van der Waals surface area contributed by atoms with Crippen molar-refractivity contribution in [2.45, 2.75) is 38.7 Å². The van der Waals surface area contributed by atoms with E-state index in [-0.39, 0.29) is 12.2 Å². The Morgan fingerprint density at radius 3 is 2.77 bits per heavy atom. The quantitative estimate of drug-likeness (QED) is 0.655. The minimum atomic E-state index is -0.0848. The van der Waals surface area contributed by atoms with Crippen molar-refractivity contribution in [3.05, 3.63) is 0 Å². The zero-order valence-corrected chi connectivity index (χ0v) is 8.16. The molecule has 1 saturated heterocycles. The van der Waals surface area contributed by atoms with Crippen LogP contribution in [0.1, 0.15) is 32.6 Å². The Kier molecular flexibility index (Phi) is 2.42. The third-order valence-electron chi connectivity index (χ3n) is 2.91. The van der Waals surface area contributed by atoms with E-state index in [1.165, 1.54) is 6.42 Å². The van der Waals surface area contributed by atoms with Crippen LogP contribution in [0.25, 0.3) is 0 Å². The van der Waals surface area contributed by atoms with Crippen molar-refractivity contribution in [2.75, 3.05) is 13.1 Å². The van der Waals surface area contributed by atoms with E-state index in [4.69, 9.17) is 4.74 Å². The molecular weight excluding hydrogens is 166 g/mol. The average molecular weight is 183 g/mol. The third kappa shape index (κ3) is 2.14. The van der Waals surface area contributed by atoms with Crippen LogP contribution in [0.3, 0.4) is 0 Å². The highest BCUT2D eigenvalue weighted by molar-refractivity contribution is 5.68. The Morgan fingerprint density at radius 1 is 1.46 bits per heavy atom. The zero-order valence-electron chi connectivity index (χ0n) is 8.16. The van der Waals surface area contributed by atoms with Crippen molar-refractivity contribution in [1.82, 2.24) is 4.90 Å². The minimum Gasteiger partial charge on any atom is -0.446 e. The minimum absolute atomic E-state index is 0.0848. The molecule has 1 atom stereocenters. The van der Waals surface area contributed by atoms with Crippen LogP contribution < -0.4 is 0 Å². The maximum Gasteiger partial charge on any atom is 0.410 e. The summed E-state index contributed by atoms with van der Waals surface area (Å²) in [6.07, 6.45) is 4.61. The molecule has 3 nitrogen and oxygen atoms in total. The molecule has 0 aromatic rings. The number of hydrogen-bond acceptors (Lipinski definition) is 2. The molecule has 0 N–H and O–H groups in total. The SMILES string of the molecule is CC[C@H]1CCN(C(=O)OC2CC2)C1. The van der Waals surface area contributed by atoms with Crippen LogP contribution in [-0.2, 0) is 4.74 Å². The van der Waals surface area contributed by atoms with E-state index < -0.39 is 0 Å². The van der Waals surface area contributed by atoms with E-state index in [9.17, 15) is 4.79 Å². The molecule has 0 aromatic carbocycles. The highest BCUT2D eigenvalue weighted by Crippen LogP contribution is 2.26. The van der Waals surface area contributed by atoms with Crippen LogP contribution in [0, 0.1) is 5.92 Å². The fourth-order valence-corrected chi connectivity index (χ4v) is 1.73. The summed E-state index contributed by atoms with van der Waals surface area (Å²) in [4.78, 5) is 13.3. The summed E-state index contributed by atoms with van der Waals surface area (Å²) in [7, 11) is 0. The van der Waals surface area contributed by atoms with Gasteiger partial charge in [-0.2, -0.15) is 0 Å².